The fourth-order valence-corrected chi connectivity index (χ4v) is 2.80. The molecule has 28 heavy (non-hydrogen) atoms. The van der Waals surface area contributed by atoms with Gasteiger partial charge >= 0.3 is 0 Å². The molecule has 2 heterocycles. The van der Waals surface area contributed by atoms with E-state index in [1.54, 1.807) is 42.5 Å². The fraction of sp³-hybridized carbons (Fsp3) is 0.0500. The van der Waals surface area contributed by atoms with E-state index in [0.717, 1.165) is 11.3 Å². The first kappa shape index (κ1) is 17.8. The SMILES string of the molecule is NC(=O)c1cc(COc2ccc3oc(Nc4cccc(Cl)c4)nc3c2)ccn1. The lowest BCUT2D eigenvalue weighted by atomic mass is 10.2. The molecule has 0 aliphatic rings. The van der Waals surface area contributed by atoms with E-state index in [2.05, 4.69) is 15.3 Å². The highest BCUT2D eigenvalue weighted by atomic mass is 35.5. The lowest BCUT2D eigenvalue weighted by molar-refractivity contribution is 0.0995. The third kappa shape index (κ3) is 4.05. The van der Waals surface area contributed by atoms with E-state index in [4.69, 9.17) is 26.5 Å². The topological polar surface area (TPSA) is 103 Å². The number of anilines is 2. The summed E-state index contributed by atoms with van der Waals surface area (Å²) in [6, 6.07) is 16.3. The Morgan fingerprint density at radius 3 is 2.89 bits per heavy atom. The molecule has 0 bridgehead atoms. The number of carbonyl (C=O) groups excluding carboxylic acids is 1. The minimum atomic E-state index is -0.578. The Balaban J connectivity index is 1.48. The van der Waals surface area contributed by atoms with Crippen LogP contribution < -0.4 is 15.8 Å². The zero-order chi connectivity index (χ0) is 19.5. The normalized spacial score (nSPS) is 10.8. The van der Waals surface area contributed by atoms with Crippen LogP contribution in [0.4, 0.5) is 11.7 Å². The predicted molar refractivity (Wildman–Crippen MR) is 106 cm³/mol. The monoisotopic (exact) mass is 394 g/mol. The van der Waals surface area contributed by atoms with Crippen LogP contribution in [0.15, 0.2) is 65.2 Å². The zero-order valence-corrected chi connectivity index (χ0v) is 15.3. The van der Waals surface area contributed by atoms with Crippen molar-refractivity contribution in [3.8, 4) is 5.75 Å². The number of hydrogen-bond acceptors (Lipinski definition) is 6. The second-order valence-corrected chi connectivity index (χ2v) is 6.42. The molecular formula is C20H15ClN4O3. The van der Waals surface area contributed by atoms with Crippen LogP contribution in [0.25, 0.3) is 11.1 Å². The number of nitrogens with zero attached hydrogens (tertiary/aromatic N) is 2. The first-order valence-electron chi connectivity index (χ1n) is 8.37. The number of carbonyl (C=O) groups is 1. The van der Waals surface area contributed by atoms with E-state index in [1.807, 2.05) is 12.1 Å². The molecule has 7 nitrogen and oxygen atoms in total. The third-order valence-electron chi connectivity index (χ3n) is 3.92. The summed E-state index contributed by atoms with van der Waals surface area (Å²) in [6.45, 7) is 0.264. The van der Waals surface area contributed by atoms with E-state index in [9.17, 15) is 4.79 Å². The summed E-state index contributed by atoms with van der Waals surface area (Å²) < 4.78 is 11.5. The molecule has 140 valence electrons. The van der Waals surface area contributed by atoms with E-state index in [-0.39, 0.29) is 12.3 Å². The maximum absolute atomic E-state index is 11.2. The zero-order valence-electron chi connectivity index (χ0n) is 14.6. The Labute approximate surface area is 165 Å². The lowest BCUT2D eigenvalue weighted by Crippen LogP contribution is -2.13. The molecule has 0 fully saturated rings. The number of amides is 1. The van der Waals surface area contributed by atoms with E-state index in [1.165, 1.54) is 6.20 Å². The first-order chi connectivity index (χ1) is 13.6. The van der Waals surface area contributed by atoms with Crippen molar-refractivity contribution in [3.63, 3.8) is 0 Å². The summed E-state index contributed by atoms with van der Waals surface area (Å²) in [6.07, 6.45) is 1.52. The largest absolute Gasteiger partial charge is 0.489 e. The lowest BCUT2D eigenvalue weighted by Gasteiger charge is -2.06. The number of fused-ring (bicyclic) bond motifs is 1. The molecule has 8 heteroatoms. The Morgan fingerprint density at radius 2 is 2.07 bits per heavy atom. The molecule has 0 unspecified atom stereocenters. The smallest absolute Gasteiger partial charge is 0.300 e. The van der Waals surface area contributed by atoms with Gasteiger partial charge in [0.2, 0.25) is 0 Å². The fourth-order valence-electron chi connectivity index (χ4n) is 2.61. The second-order valence-electron chi connectivity index (χ2n) is 5.99. The van der Waals surface area contributed by atoms with Gasteiger partial charge < -0.3 is 20.2 Å². The molecule has 0 saturated carbocycles. The van der Waals surface area contributed by atoms with Gasteiger partial charge in [0.25, 0.3) is 11.9 Å². The van der Waals surface area contributed by atoms with Gasteiger partial charge in [-0.2, -0.15) is 4.98 Å². The molecule has 2 aromatic carbocycles. The van der Waals surface area contributed by atoms with Gasteiger partial charge in [-0.05, 0) is 48.0 Å². The first-order valence-corrected chi connectivity index (χ1v) is 8.75. The molecule has 4 rings (SSSR count). The molecule has 1 amide bonds. The molecule has 0 aliphatic heterocycles. The molecule has 3 N–H and O–H groups in total. The van der Waals surface area contributed by atoms with Crippen molar-refractivity contribution in [1.29, 1.82) is 0 Å². The molecule has 2 aromatic heterocycles. The van der Waals surface area contributed by atoms with Crippen LogP contribution in [0.3, 0.4) is 0 Å². The molecule has 4 aromatic rings. The number of nitrogens with one attached hydrogen (secondary N) is 1. The second kappa shape index (κ2) is 7.58. The van der Waals surface area contributed by atoms with Crippen molar-refractivity contribution >= 4 is 40.3 Å². The van der Waals surface area contributed by atoms with Crippen LogP contribution in [0.1, 0.15) is 16.1 Å². The number of rotatable bonds is 6. The molecule has 0 spiro atoms. The van der Waals surface area contributed by atoms with E-state index >= 15 is 0 Å². The highest BCUT2D eigenvalue weighted by Crippen LogP contribution is 2.26. The van der Waals surface area contributed by atoms with Crippen LogP contribution >= 0.6 is 11.6 Å². The quantitative estimate of drug-likeness (QED) is 0.505. The summed E-state index contributed by atoms with van der Waals surface area (Å²) in [5.41, 5.74) is 8.27. The Kier molecular flexibility index (Phi) is 4.82. The average Bonchev–Trinajstić information content (AvgIpc) is 3.08. The maximum atomic E-state index is 11.2. The highest BCUT2D eigenvalue weighted by Gasteiger charge is 2.09. The van der Waals surface area contributed by atoms with Gasteiger partial charge in [-0.25, -0.2) is 0 Å². The van der Waals surface area contributed by atoms with Crippen LogP contribution in [0.5, 0.6) is 5.75 Å². The van der Waals surface area contributed by atoms with Crippen molar-refractivity contribution in [2.24, 2.45) is 5.73 Å². The number of ether oxygens (including phenoxy) is 1. The Hall–Kier alpha value is -3.58. The number of oxazole rings is 1. The molecule has 0 atom stereocenters. The van der Waals surface area contributed by atoms with Crippen molar-refractivity contribution in [2.45, 2.75) is 6.61 Å². The Morgan fingerprint density at radius 1 is 1.18 bits per heavy atom. The summed E-state index contributed by atoms with van der Waals surface area (Å²) in [5, 5.41) is 3.69. The number of benzene rings is 2. The van der Waals surface area contributed by atoms with Crippen molar-refractivity contribution in [2.75, 3.05) is 5.32 Å². The third-order valence-corrected chi connectivity index (χ3v) is 4.15. The minimum absolute atomic E-state index is 0.199. The van der Waals surface area contributed by atoms with Crippen LogP contribution in [-0.2, 0) is 6.61 Å². The van der Waals surface area contributed by atoms with Crippen molar-refractivity contribution < 1.29 is 13.9 Å². The van der Waals surface area contributed by atoms with E-state index < -0.39 is 5.91 Å². The summed E-state index contributed by atoms with van der Waals surface area (Å²) in [5.74, 6) is 0.0399. The average molecular weight is 395 g/mol. The van der Waals surface area contributed by atoms with Crippen LogP contribution in [0.2, 0.25) is 5.02 Å². The Bertz CT molecular complexity index is 1160. The summed E-state index contributed by atoms with van der Waals surface area (Å²) >= 11 is 5.99. The maximum Gasteiger partial charge on any atom is 0.300 e. The number of halogens is 1. The number of aromatic nitrogens is 2. The van der Waals surface area contributed by atoms with Gasteiger partial charge in [-0.15, -0.1) is 0 Å². The summed E-state index contributed by atoms with van der Waals surface area (Å²) in [7, 11) is 0. The van der Waals surface area contributed by atoms with Gasteiger partial charge in [0, 0.05) is 23.0 Å². The predicted octanol–water partition coefficient (Wildman–Crippen LogP) is 4.30. The standard InChI is InChI=1S/C20H15ClN4O3/c21-13-2-1-3-14(9-13)24-20-25-16-10-15(4-5-18(16)28-20)27-11-12-6-7-23-17(8-12)19(22)26/h1-10H,11H2,(H2,22,26)(H,24,25). The van der Waals surface area contributed by atoms with Crippen LogP contribution in [0, 0.1) is 0 Å². The number of hydrogen-bond donors (Lipinski definition) is 2. The van der Waals surface area contributed by atoms with Crippen LogP contribution in [-0.4, -0.2) is 15.9 Å². The van der Waals surface area contributed by atoms with Gasteiger partial charge in [0.1, 0.15) is 23.6 Å². The van der Waals surface area contributed by atoms with Gasteiger partial charge in [-0.1, -0.05) is 17.7 Å². The van der Waals surface area contributed by atoms with Gasteiger partial charge in [-0.3, -0.25) is 9.78 Å². The molecule has 0 radical (unpaired) electrons. The van der Waals surface area contributed by atoms with Crippen molar-refractivity contribution in [1.82, 2.24) is 9.97 Å². The minimum Gasteiger partial charge on any atom is -0.489 e. The summed E-state index contributed by atoms with van der Waals surface area (Å²) in [4.78, 5) is 19.5. The van der Waals surface area contributed by atoms with Crippen molar-refractivity contribution in [3.05, 3.63) is 77.1 Å². The number of primary amides is 1. The molecular weight excluding hydrogens is 380 g/mol. The molecule has 0 saturated heterocycles. The number of nitrogens with two attached hydrogens (primary N) is 1. The molecule has 0 aliphatic carbocycles. The highest BCUT2D eigenvalue weighted by molar-refractivity contribution is 6.30. The van der Waals surface area contributed by atoms with Gasteiger partial charge in [0.15, 0.2) is 5.58 Å². The number of pyridine rings is 1. The van der Waals surface area contributed by atoms with Gasteiger partial charge in [0.05, 0.1) is 0 Å². The van der Waals surface area contributed by atoms with E-state index in [0.29, 0.717) is 27.9 Å².